The van der Waals surface area contributed by atoms with Gasteiger partial charge < -0.3 is 5.32 Å². The number of Topliss-reactive ketones (excluding diaryl/α,β-unsaturated/α-hetero) is 1. The highest BCUT2D eigenvalue weighted by atomic mass is 35.5. The van der Waals surface area contributed by atoms with E-state index in [4.69, 9.17) is 34.8 Å². The highest BCUT2D eigenvalue weighted by Gasteiger charge is 2.51. The van der Waals surface area contributed by atoms with Crippen molar-refractivity contribution in [1.29, 1.82) is 0 Å². The standard InChI is InChI=1S/C25H20Cl3F6NO2/c1-2-35-22(37)23(7-8-23)12-20(36)15-5-3-13(9-17(15)25(32,33)34)4-6-16(24(29,30)31)14-10-18(26)21(28)19(27)11-14/h3-6,9-11,16H,2,7-8,12H2,1H3,(H,35,37)/b6-4+/t16-/m0/s1. The average Bonchev–Trinajstić information content (AvgIpc) is 3.56. The van der Waals surface area contributed by atoms with Crippen LogP contribution in [-0.4, -0.2) is 24.4 Å². The van der Waals surface area contributed by atoms with Crippen LogP contribution in [0.4, 0.5) is 26.3 Å². The topological polar surface area (TPSA) is 46.2 Å². The largest absolute Gasteiger partial charge is 0.417 e. The molecule has 2 aromatic rings. The Kier molecular flexibility index (Phi) is 8.61. The van der Waals surface area contributed by atoms with Crippen molar-refractivity contribution in [2.75, 3.05) is 6.54 Å². The quantitative estimate of drug-likeness (QED) is 0.191. The number of halogens is 9. The summed E-state index contributed by atoms with van der Waals surface area (Å²) in [6.07, 6.45) is -7.88. The Morgan fingerprint density at radius 3 is 2.11 bits per heavy atom. The first-order chi connectivity index (χ1) is 17.1. The molecule has 0 heterocycles. The highest BCUT2D eigenvalue weighted by molar-refractivity contribution is 6.48. The van der Waals surface area contributed by atoms with Gasteiger partial charge in [-0.15, -0.1) is 0 Å². The Morgan fingerprint density at radius 1 is 1.03 bits per heavy atom. The zero-order chi connectivity index (χ0) is 27.8. The maximum Gasteiger partial charge on any atom is 0.417 e. The molecule has 3 nitrogen and oxygen atoms in total. The van der Waals surface area contributed by atoms with Gasteiger partial charge in [0.05, 0.1) is 32.0 Å². The van der Waals surface area contributed by atoms with Crippen molar-refractivity contribution in [3.8, 4) is 0 Å². The smallest absolute Gasteiger partial charge is 0.356 e. The molecule has 1 aliphatic rings. The monoisotopic (exact) mass is 585 g/mol. The van der Waals surface area contributed by atoms with Crippen LogP contribution in [0.25, 0.3) is 6.08 Å². The average molecular weight is 587 g/mol. The molecule has 3 rings (SSSR count). The van der Waals surface area contributed by atoms with Crippen LogP contribution in [0, 0.1) is 5.41 Å². The first-order valence-electron chi connectivity index (χ1n) is 11.0. The lowest BCUT2D eigenvalue weighted by Crippen LogP contribution is -2.33. The minimum absolute atomic E-state index is 0.132. The molecular formula is C25H20Cl3F6NO2. The number of alkyl halides is 6. The van der Waals surface area contributed by atoms with Crippen molar-refractivity contribution in [1.82, 2.24) is 5.32 Å². The summed E-state index contributed by atoms with van der Waals surface area (Å²) < 4.78 is 82.8. The van der Waals surface area contributed by atoms with Crippen molar-refractivity contribution >= 4 is 52.6 Å². The van der Waals surface area contributed by atoms with E-state index >= 15 is 0 Å². The van der Waals surface area contributed by atoms with E-state index in [0.29, 0.717) is 31.5 Å². The summed E-state index contributed by atoms with van der Waals surface area (Å²) in [5.41, 5.74) is -3.55. The number of ketones is 1. The SMILES string of the molecule is CCNC(=O)C1(CC(=O)c2ccc(/C=C/[C@@H](c3cc(Cl)c(Cl)c(Cl)c3)C(F)(F)F)cc2C(F)(F)F)CC1. The van der Waals surface area contributed by atoms with Gasteiger partial charge in [0.1, 0.15) is 0 Å². The number of allylic oxidation sites excluding steroid dienone is 1. The molecule has 0 bridgehead atoms. The fraction of sp³-hybridized carbons (Fsp3) is 0.360. The lowest BCUT2D eigenvalue weighted by atomic mass is 9.91. The van der Waals surface area contributed by atoms with Gasteiger partial charge in [-0.1, -0.05) is 59.1 Å². The number of amides is 1. The number of benzene rings is 2. The summed E-state index contributed by atoms with van der Waals surface area (Å²) in [6, 6.07) is 4.58. The van der Waals surface area contributed by atoms with E-state index in [2.05, 4.69) is 5.32 Å². The second-order valence-electron chi connectivity index (χ2n) is 8.72. The van der Waals surface area contributed by atoms with Gasteiger partial charge in [0.15, 0.2) is 5.78 Å². The van der Waals surface area contributed by atoms with Crippen molar-refractivity contribution in [2.24, 2.45) is 5.41 Å². The van der Waals surface area contributed by atoms with Crippen molar-refractivity contribution in [2.45, 2.75) is 44.5 Å². The Hall–Kier alpha value is -2.23. The van der Waals surface area contributed by atoms with Gasteiger partial charge in [0.25, 0.3) is 0 Å². The zero-order valence-electron chi connectivity index (χ0n) is 19.2. The maximum atomic E-state index is 13.8. The third kappa shape index (κ3) is 6.81. The summed E-state index contributed by atoms with van der Waals surface area (Å²) in [6.45, 7) is 2.00. The van der Waals surface area contributed by atoms with Gasteiger partial charge in [-0.3, -0.25) is 9.59 Å². The molecule has 0 spiro atoms. The van der Waals surface area contributed by atoms with Crippen LogP contribution in [0.5, 0.6) is 0 Å². The fourth-order valence-electron chi connectivity index (χ4n) is 3.90. The first kappa shape index (κ1) is 29.3. The normalized spacial score (nSPS) is 16.1. The third-order valence-electron chi connectivity index (χ3n) is 6.02. The van der Waals surface area contributed by atoms with E-state index in [1.54, 1.807) is 6.92 Å². The van der Waals surface area contributed by atoms with Crippen LogP contribution in [0.3, 0.4) is 0 Å². The van der Waals surface area contributed by atoms with Gasteiger partial charge in [-0.05, 0) is 49.1 Å². The van der Waals surface area contributed by atoms with E-state index in [1.165, 1.54) is 0 Å². The van der Waals surface area contributed by atoms with Crippen LogP contribution in [0.15, 0.2) is 36.4 Å². The zero-order valence-corrected chi connectivity index (χ0v) is 21.4. The van der Waals surface area contributed by atoms with Crippen LogP contribution in [-0.2, 0) is 11.0 Å². The van der Waals surface area contributed by atoms with E-state index in [-0.39, 0.29) is 26.2 Å². The minimum atomic E-state index is -4.96. The van der Waals surface area contributed by atoms with Crippen molar-refractivity contribution in [3.05, 3.63) is 73.7 Å². The maximum absolute atomic E-state index is 13.8. The van der Waals surface area contributed by atoms with Gasteiger partial charge in [0.2, 0.25) is 5.91 Å². The summed E-state index contributed by atoms with van der Waals surface area (Å²) >= 11 is 17.5. The molecule has 0 aliphatic heterocycles. The number of carbonyl (C=O) groups excluding carboxylic acids is 2. The van der Waals surface area contributed by atoms with Crippen molar-refractivity contribution in [3.63, 3.8) is 0 Å². The second-order valence-corrected chi connectivity index (χ2v) is 9.91. The van der Waals surface area contributed by atoms with Gasteiger partial charge in [0, 0.05) is 18.5 Å². The van der Waals surface area contributed by atoms with E-state index < -0.39 is 52.9 Å². The molecule has 1 N–H and O–H groups in total. The molecular weight excluding hydrogens is 567 g/mol. The molecule has 1 amide bonds. The molecule has 0 unspecified atom stereocenters. The Morgan fingerprint density at radius 2 is 1.62 bits per heavy atom. The number of nitrogens with one attached hydrogen (secondary N) is 1. The van der Waals surface area contributed by atoms with Gasteiger partial charge in [-0.2, -0.15) is 26.3 Å². The lowest BCUT2D eigenvalue weighted by Gasteiger charge is -2.19. The van der Waals surface area contributed by atoms with Crippen LogP contribution in [0.1, 0.15) is 59.2 Å². The summed E-state index contributed by atoms with van der Waals surface area (Å²) in [5, 5.41) is 2.03. The Labute approximate surface area is 223 Å². The fourth-order valence-corrected chi connectivity index (χ4v) is 4.51. The predicted molar refractivity (Wildman–Crippen MR) is 130 cm³/mol. The number of carbonyl (C=O) groups is 2. The molecule has 1 fully saturated rings. The number of hydrogen-bond donors (Lipinski definition) is 1. The molecule has 0 radical (unpaired) electrons. The molecule has 1 saturated carbocycles. The van der Waals surface area contributed by atoms with Crippen LogP contribution >= 0.6 is 34.8 Å². The molecule has 2 aromatic carbocycles. The first-order valence-corrected chi connectivity index (χ1v) is 12.1. The predicted octanol–water partition coefficient (Wildman–Crippen LogP) is 8.51. The highest BCUT2D eigenvalue weighted by Crippen LogP contribution is 2.50. The molecule has 37 heavy (non-hydrogen) atoms. The van der Waals surface area contributed by atoms with E-state index in [0.717, 1.165) is 30.3 Å². The third-order valence-corrected chi connectivity index (χ3v) is 7.22. The van der Waals surface area contributed by atoms with E-state index in [1.807, 2.05) is 0 Å². The molecule has 0 saturated heterocycles. The molecule has 200 valence electrons. The number of hydrogen-bond acceptors (Lipinski definition) is 2. The van der Waals surface area contributed by atoms with E-state index in [9.17, 15) is 35.9 Å². The second kappa shape index (κ2) is 10.9. The van der Waals surface area contributed by atoms with Crippen LogP contribution in [0.2, 0.25) is 15.1 Å². The Bertz CT molecular complexity index is 1210. The van der Waals surface area contributed by atoms with Crippen LogP contribution < -0.4 is 5.32 Å². The summed E-state index contributed by atoms with van der Waals surface area (Å²) in [4.78, 5) is 25.0. The van der Waals surface area contributed by atoms with Crippen molar-refractivity contribution < 1.29 is 35.9 Å². The minimum Gasteiger partial charge on any atom is -0.356 e. The molecule has 1 atom stereocenters. The summed E-state index contributed by atoms with van der Waals surface area (Å²) in [5.74, 6) is -3.51. The molecule has 12 heteroatoms. The van der Waals surface area contributed by atoms with Gasteiger partial charge >= 0.3 is 12.4 Å². The summed E-state index contributed by atoms with van der Waals surface area (Å²) in [7, 11) is 0. The Balaban J connectivity index is 1.95. The molecule has 1 aliphatic carbocycles. The molecule has 0 aromatic heterocycles. The lowest BCUT2D eigenvalue weighted by molar-refractivity contribution is -0.139. The van der Waals surface area contributed by atoms with Gasteiger partial charge in [-0.25, -0.2) is 0 Å². The number of rotatable bonds is 8.